The zero-order chi connectivity index (χ0) is 19.7. The molecule has 7 nitrogen and oxygen atoms in total. The number of aryl methyl sites for hydroxylation is 1. The minimum atomic E-state index is -0.141. The molecule has 0 unspecified atom stereocenters. The molecule has 0 N–H and O–H groups in total. The predicted octanol–water partition coefficient (Wildman–Crippen LogP) is 2.05. The molecule has 7 heteroatoms. The first-order valence-corrected chi connectivity index (χ1v) is 9.30. The van der Waals surface area contributed by atoms with E-state index < -0.39 is 0 Å². The quantitative estimate of drug-likeness (QED) is 0.805. The van der Waals surface area contributed by atoms with Crippen molar-refractivity contribution in [2.24, 2.45) is 0 Å². The van der Waals surface area contributed by atoms with Crippen LogP contribution in [-0.4, -0.2) is 44.2 Å². The molecule has 2 aromatic rings. The van der Waals surface area contributed by atoms with Crippen LogP contribution < -0.4 is 15.0 Å². The lowest BCUT2D eigenvalue weighted by Gasteiger charge is -2.27. The van der Waals surface area contributed by atoms with Crippen molar-refractivity contribution in [3.8, 4) is 28.8 Å². The molecular formula is C21H22N2O5. The van der Waals surface area contributed by atoms with Crippen molar-refractivity contribution in [1.82, 2.24) is 4.57 Å². The average molecular weight is 382 g/mol. The molecule has 0 radical (unpaired) electrons. The summed E-state index contributed by atoms with van der Waals surface area (Å²) in [5.74, 6) is 1.04. The number of fused-ring (bicyclic) bond motifs is 3. The second-order valence-corrected chi connectivity index (χ2v) is 6.92. The van der Waals surface area contributed by atoms with E-state index in [9.17, 15) is 10.1 Å². The van der Waals surface area contributed by atoms with Crippen LogP contribution in [0, 0.1) is 18.3 Å². The molecule has 1 saturated heterocycles. The van der Waals surface area contributed by atoms with Crippen LogP contribution in [0.25, 0.3) is 11.3 Å². The van der Waals surface area contributed by atoms with Gasteiger partial charge in [-0.25, -0.2) is 0 Å². The van der Waals surface area contributed by atoms with Crippen molar-refractivity contribution >= 4 is 0 Å². The Kier molecular flexibility index (Phi) is 5.07. The first-order valence-electron chi connectivity index (χ1n) is 9.30. The summed E-state index contributed by atoms with van der Waals surface area (Å²) in [6, 6.07) is 7.40. The van der Waals surface area contributed by atoms with Gasteiger partial charge in [-0.05, 0) is 31.0 Å². The highest BCUT2D eigenvalue weighted by Crippen LogP contribution is 2.38. The molecule has 0 spiro atoms. The van der Waals surface area contributed by atoms with Gasteiger partial charge in [-0.15, -0.1) is 0 Å². The van der Waals surface area contributed by atoms with Gasteiger partial charge in [0.05, 0.1) is 38.2 Å². The van der Waals surface area contributed by atoms with Crippen LogP contribution in [0.1, 0.15) is 16.7 Å². The molecule has 1 fully saturated rings. The topological polar surface area (TPSA) is 82.7 Å². The van der Waals surface area contributed by atoms with Gasteiger partial charge in [-0.2, -0.15) is 5.26 Å². The highest BCUT2D eigenvalue weighted by molar-refractivity contribution is 5.74. The summed E-state index contributed by atoms with van der Waals surface area (Å²) in [4.78, 5) is 12.7. The third-order valence-electron chi connectivity index (χ3n) is 5.23. The van der Waals surface area contributed by atoms with Gasteiger partial charge in [0.1, 0.15) is 30.3 Å². The maximum Gasteiger partial charge on any atom is 0.254 e. The Hall–Kier alpha value is -2.82. The molecule has 0 amide bonds. The first-order chi connectivity index (χ1) is 13.6. The molecule has 1 atom stereocenters. The summed E-state index contributed by atoms with van der Waals surface area (Å²) in [7, 11) is 1.54. The summed E-state index contributed by atoms with van der Waals surface area (Å²) < 4.78 is 24.1. The number of hydrogen-bond donors (Lipinski definition) is 0. The molecule has 1 aromatic carbocycles. The Bertz CT molecular complexity index is 999. The van der Waals surface area contributed by atoms with E-state index in [1.165, 1.54) is 13.2 Å². The lowest BCUT2D eigenvalue weighted by atomic mass is 9.92. The fourth-order valence-corrected chi connectivity index (χ4v) is 3.80. The Morgan fingerprint density at radius 1 is 1.29 bits per heavy atom. The van der Waals surface area contributed by atoms with Crippen LogP contribution in [0.4, 0.5) is 0 Å². The van der Waals surface area contributed by atoms with Crippen molar-refractivity contribution in [1.29, 1.82) is 5.26 Å². The Labute approximate surface area is 163 Å². The molecular weight excluding hydrogens is 360 g/mol. The number of aromatic nitrogens is 1. The summed E-state index contributed by atoms with van der Waals surface area (Å²) >= 11 is 0. The van der Waals surface area contributed by atoms with Gasteiger partial charge < -0.3 is 23.5 Å². The van der Waals surface area contributed by atoms with E-state index in [2.05, 4.69) is 6.07 Å². The van der Waals surface area contributed by atoms with Gasteiger partial charge >= 0.3 is 0 Å². The summed E-state index contributed by atoms with van der Waals surface area (Å²) in [5, 5.41) is 9.36. The molecule has 3 heterocycles. The van der Waals surface area contributed by atoms with Crippen molar-refractivity contribution in [3.05, 3.63) is 45.2 Å². The van der Waals surface area contributed by atoms with Crippen molar-refractivity contribution < 1.29 is 18.9 Å². The van der Waals surface area contributed by atoms with Gasteiger partial charge in [-0.3, -0.25) is 4.79 Å². The lowest BCUT2D eigenvalue weighted by molar-refractivity contribution is -0.101. The highest BCUT2D eigenvalue weighted by atomic mass is 16.6. The largest absolute Gasteiger partial charge is 0.495 e. The van der Waals surface area contributed by atoms with Gasteiger partial charge in [0.15, 0.2) is 0 Å². The van der Waals surface area contributed by atoms with E-state index in [4.69, 9.17) is 18.9 Å². The molecule has 0 aliphatic carbocycles. The first kappa shape index (κ1) is 18.5. The monoisotopic (exact) mass is 382 g/mol. The number of pyridine rings is 1. The summed E-state index contributed by atoms with van der Waals surface area (Å²) in [5.41, 5.74) is 4.01. The Morgan fingerprint density at radius 2 is 2.14 bits per heavy atom. The van der Waals surface area contributed by atoms with Crippen LogP contribution in [0.3, 0.4) is 0 Å². The fourth-order valence-electron chi connectivity index (χ4n) is 3.80. The van der Waals surface area contributed by atoms with Gasteiger partial charge in [0.25, 0.3) is 5.56 Å². The molecule has 1 aromatic heterocycles. The van der Waals surface area contributed by atoms with E-state index >= 15 is 0 Å². The number of rotatable bonds is 4. The van der Waals surface area contributed by atoms with Crippen molar-refractivity contribution in [2.45, 2.75) is 26.0 Å². The van der Waals surface area contributed by atoms with Crippen LogP contribution in [0.5, 0.6) is 11.5 Å². The van der Waals surface area contributed by atoms with Gasteiger partial charge in [0.2, 0.25) is 0 Å². The summed E-state index contributed by atoms with van der Waals surface area (Å²) in [6.07, 6.45) is 0.547. The van der Waals surface area contributed by atoms with E-state index in [0.717, 1.165) is 22.4 Å². The average Bonchev–Trinajstić information content (AvgIpc) is 2.74. The van der Waals surface area contributed by atoms with Crippen LogP contribution in [0.2, 0.25) is 0 Å². The smallest absolute Gasteiger partial charge is 0.254 e. The third kappa shape index (κ3) is 3.26. The Morgan fingerprint density at radius 3 is 2.86 bits per heavy atom. The number of hydrogen-bond acceptors (Lipinski definition) is 6. The molecule has 4 rings (SSSR count). The number of nitrogens with zero attached hydrogens (tertiary/aromatic N) is 2. The molecule has 0 saturated carbocycles. The SMILES string of the molecule is COc1cc2c(cc1C#N)CCn1c-2c(C)c(OC[C@@H]2COCCO2)cc1=O. The van der Waals surface area contributed by atoms with Gasteiger partial charge in [0, 0.05) is 23.7 Å². The minimum Gasteiger partial charge on any atom is -0.495 e. The molecule has 146 valence electrons. The van der Waals surface area contributed by atoms with E-state index in [1.807, 2.05) is 19.1 Å². The van der Waals surface area contributed by atoms with Gasteiger partial charge in [-0.1, -0.05) is 0 Å². The van der Waals surface area contributed by atoms with Crippen molar-refractivity contribution in [2.75, 3.05) is 33.5 Å². The maximum atomic E-state index is 12.7. The standard InChI is InChI=1S/C21H22N2O5/c1-13-18(28-12-16-11-26-5-6-27-16)9-20(24)23-4-3-14-7-15(10-22)19(25-2)8-17(14)21(13)23/h7-9,16H,3-6,11-12H2,1-2H3/t16-/m0/s1. The Balaban J connectivity index is 1.74. The van der Waals surface area contributed by atoms with Crippen molar-refractivity contribution in [3.63, 3.8) is 0 Å². The number of methoxy groups -OCH3 is 1. The van der Waals surface area contributed by atoms with E-state index in [0.29, 0.717) is 56.5 Å². The predicted molar refractivity (Wildman–Crippen MR) is 102 cm³/mol. The van der Waals surface area contributed by atoms with Crippen LogP contribution in [-0.2, 0) is 22.4 Å². The number of benzene rings is 1. The number of ether oxygens (including phenoxy) is 4. The molecule has 0 bridgehead atoms. The van der Waals surface area contributed by atoms with Crippen LogP contribution in [0.15, 0.2) is 23.0 Å². The zero-order valence-corrected chi connectivity index (χ0v) is 16.0. The second-order valence-electron chi connectivity index (χ2n) is 6.92. The van der Waals surface area contributed by atoms with E-state index in [-0.39, 0.29) is 11.7 Å². The minimum absolute atomic E-state index is 0.106. The number of nitriles is 1. The van der Waals surface area contributed by atoms with E-state index in [1.54, 1.807) is 4.57 Å². The molecule has 2 aliphatic heterocycles. The molecule has 2 aliphatic rings. The highest BCUT2D eigenvalue weighted by Gasteiger charge is 2.24. The lowest BCUT2D eigenvalue weighted by Crippen LogP contribution is -2.34. The normalized spacial score (nSPS) is 18.0. The maximum absolute atomic E-state index is 12.7. The second kappa shape index (κ2) is 7.66. The molecule has 28 heavy (non-hydrogen) atoms. The summed E-state index contributed by atoms with van der Waals surface area (Å²) in [6.45, 7) is 4.47. The fraction of sp³-hybridized carbons (Fsp3) is 0.429. The zero-order valence-electron chi connectivity index (χ0n) is 16.0. The third-order valence-corrected chi connectivity index (χ3v) is 5.23. The van der Waals surface area contributed by atoms with Crippen LogP contribution >= 0.6 is 0 Å².